The zero-order chi connectivity index (χ0) is 23.0. The third-order valence-electron chi connectivity index (χ3n) is 5.80. The summed E-state index contributed by atoms with van der Waals surface area (Å²) in [5, 5.41) is 2.89. The summed E-state index contributed by atoms with van der Waals surface area (Å²) in [6, 6.07) is 17.5. The molecule has 0 spiro atoms. The van der Waals surface area contributed by atoms with Gasteiger partial charge in [-0.15, -0.1) is 0 Å². The molecule has 9 heteroatoms. The van der Waals surface area contributed by atoms with Crippen LogP contribution in [0.2, 0.25) is 5.02 Å². The summed E-state index contributed by atoms with van der Waals surface area (Å²) in [6.07, 6.45) is 0.628. The molecule has 1 amide bonds. The number of sulfonamides is 1. The van der Waals surface area contributed by atoms with Crippen molar-refractivity contribution in [3.8, 4) is 11.5 Å². The van der Waals surface area contributed by atoms with Crippen molar-refractivity contribution in [3.05, 3.63) is 87.9 Å². The number of amides is 1. The fourth-order valence-electron chi connectivity index (χ4n) is 3.99. The molecule has 0 fully saturated rings. The van der Waals surface area contributed by atoms with E-state index in [0.29, 0.717) is 24.5 Å². The van der Waals surface area contributed by atoms with Crippen LogP contribution in [0.25, 0.3) is 0 Å². The maximum Gasteiger partial charge on any atom is 0.251 e. The Morgan fingerprint density at radius 1 is 1.00 bits per heavy atom. The predicted molar refractivity (Wildman–Crippen MR) is 123 cm³/mol. The summed E-state index contributed by atoms with van der Waals surface area (Å²) >= 11 is 6.27. The number of carbonyl (C=O) groups excluding carboxylic acids is 1. The van der Waals surface area contributed by atoms with Crippen LogP contribution in [0.5, 0.6) is 11.5 Å². The van der Waals surface area contributed by atoms with Gasteiger partial charge in [0.25, 0.3) is 5.91 Å². The van der Waals surface area contributed by atoms with Gasteiger partial charge in [0.1, 0.15) is 4.90 Å². The van der Waals surface area contributed by atoms with Crippen molar-refractivity contribution in [2.24, 2.45) is 0 Å². The topological polar surface area (TPSA) is 84.9 Å². The van der Waals surface area contributed by atoms with Gasteiger partial charge in [-0.25, -0.2) is 8.42 Å². The van der Waals surface area contributed by atoms with Gasteiger partial charge in [-0.3, -0.25) is 4.79 Å². The maximum atomic E-state index is 13.4. The number of nitrogens with one attached hydrogen (secondary N) is 1. The van der Waals surface area contributed by atoms with Crippen LogP contribution in [-0.4, -0.2) is 32.0 Å². The molecule has 0 saturated heterocycles. The maximum absolute atomic E-state index is 13.4. The molecule has 2 aliphatic heterocycles. The second kappa shape index (κ2) is 8.70. The average Bonchev–Trinajstić information content (AvgIpc) is 3.30. The lowest BCUT2D eigenvalue weighted by Crippen LogP contribution is -2.36. The van der Waals surface area contributed by atoms with Crippen molar-refractivity contribution >= 4 is 27.5 Å². The minimum Gasteiger partial charge on any atom is -0.454 e. The van der Waals surface area contributed by atoms with E-state index in [9.17, 15) is 13.2 Å². The Hall–Kier alpha value is -3.07. The molecule has 0 atom stereocenters. The highest BCUT2D eigenvalue weighted by Crippen LogP contribution is 2.33. The molecule has 0 aliphatic carbocycles. The van der Waals surface area contributed by atoms with Crippen molar-refractivity contribution in [3.63, 3.8) is 0 Å². The van der Waals surface area contributed by atoms with Crippen LogP contribution >= 0.6 is 11.6 Å². The van der Waals surface area contributed by atoms with E-state index in [1.54, 1.807) is 12.1 Å². The van der Waals surface area contributed by atoms with Crippen LogP contribution in [0.15, 0.2) is 65.6 Å². The highest BCUT2D eigenvalue weighted by molar-refractivity contribution is 7.89. The molecular formula is C24H21ClN2O5S. The monoisotopic (exact) mass is 484 g/mol. The van der Waals surface area contributed by atoms with Gasteiger partial charge in [-0.05, 0) is 53.4 Å². The number of fused-ring (bicyclic) bond motifs is 2. The van der Waals surface area contributed by atoms with E-state index < -0.39 is 15.9 Å². The van der Waals surface area contributed by atoms with Gasteiger partial charge in [0, 0.05) is 25.2 Å². The van der Waals surface area contributed by atoms with Gasteiger partial charge >= 0.3 is 0 Å². The fourth-order valence-corrected chi connectivity index (χ4v) is 5.91. The predicted octanol–water partition coefficient (Wildman–Crippen LogP) is 3.75. The number of halogens is 1. The number of benzene rings is 3. The quantitative estimate of drug-likeness (QED) is 0.596. The molecule has 0 bridgehead atoms. The minimum atomic E-state index is -3.87. The Bertz CT molecular complexity index is 1340. The van der Waals surface area contributed by atoms with E-state index in [4.69, 9.17) is 21.1 Å². The van der Waals surface area contributed by atoms with Crippen LogP contribution in [0.1, 0.15) is 27.0 Å². The molecular weight excluding hydrogens is 464 g/mol. The summed E-state index contributed by atoms with van der Waals surface area (Å²) in [5.41, 5.74) is 3.17. The van der Waals surface area contributed by atoms with Crippen molar-refractivity contribution in [2.75, 3.05) is 13.3 Å². The molecule has 0 aromatic heterocycles. The van der Waals surface area contributed by atoms with Crippen LogP contribution in [0.4, 0.5) is 0 Å². The Morgan fingerprint density at radius 2 is 1.79 bits per heavy atom. The minimum absolute atomic E-state index is 0.0701. The third-order valence-corrected chi connectivity index (χ3v) is 8.12. The van der Waals surface area contributed by atoms with Crippen LogP contribution in [0.3, 0.4) is 0 Å². The van der Waals surface area contributed by atoms with Crippen molar-refractivity contribution in [1.29, 1.82) is 0 Å². The Kier molecular flexibility index (Phi) is 5.74. The van der Waals surface area contributed by atoms with Crippen molar-refractivity contribution < 1.29 is 22.7 Å². The number of carbonyl (C=O) groups is 1. The van der Waals surface area contributed by atoms with E-state index in [-0.39, 0.29) is 35.4 Å². The SMILES string of the molecule is O=C(NCc1ccc2c(c1)OCO2)c1ccc(Cl)c(S(=O)(=O)N2CCc3ccccc3C2)c1. The van der Waals surface area contributed by atoms with Gasteiger partial charge in [0.05, 0.1) is 5.02 Å². The first-order valence-corrected chi connectivity index (χ1v) is 12.3. The molecule has 7 nitrogen and oxygen atoms in total. The summed E-state index contributed by atoms with van der Waals surface area (Å²) in [4.78, 5) is 12.7. The highest BCUT2D eigenvalue weighted by Gasteiger charge is 2.30. The number of hydrogen-bond donors (Lipinski definition) is 1. The summed E-state index contributed by atoms with van der Waals surface area (Å²) in [7, 11) is -3.87. The van der Waals surface area contributed by atoms with E-state index in [1.807, 2.05) is 30.3 Å². The molecule has 0 saturated carbocycles. The van der Waals surface area contributed by atoms with Crippen LogP contribution in [0, 0.1) is 0 Å². The van der Waals surface area contributed by atoms with Crippen LogP contribution < -0.4 is 14.8 Å². The molecule has 2 heterocycles. The lowest BCUT2D eigenvalue weighted by atomic mass is 10.0. The van der Waals surface area contributed by atoms with E-state index in [1.165, 1.54) is 22.5 Å². The molecule has 170 valence electrons. The molecule has 0 radical (unpaired) electrons. The zero-order valence-electron chi connectivity index (χ0n) is 17.6. The molecule has 5 rings (SSSR count). The number of nitrogens with zero attached hydrogens (tertiary/aromatic N) is 1. The summed E-state index contributed by atoms with van der Waals surface area (Å²) in [6.45, 7) is 1.06. The van der Waals surface area contributed by atoms with Gasteiger partial charge < -0.3 is 14.8 Å². The lowest BCUT2D eigenvalue weighted by Gasteiger charge is -2.28. The van der Waals surface area contributed by atoms with E-state index in [0.717, 1.165) is 16.7 Å². The normalized spacial score (nSPS) is 15.2. The highest BCUT2D eigenvalue weighted by atomic mass is 35.5. The van der Waals surface area contributed by atoms with E-state index in [2.05, 4.69) is 5.32 Å². The van der Waals surface area contributed by atoms with Gasteiger partial charge in [-0.2, -0.15) is 4.31 Å². The number of rotatable bonds is 5. The van der Waals surface area contributed by atoms with Gasteiger partial charge in [0.2, 0.25) is 16.8 Å². The number of ether oxygens (including phenoxy) is 2. The van der Waals surface area contributed by atoms with Crippen LogP contribution in [-0.2, 0) is 29.5 Å². The Labute approximate surface area is 196 Å². The molecule has 2 aliphatic rings. The Morgan fingerprint density at radius 3 is 2.64 bits per heavy atom. The molecule has 33 heavy (non-hydrogen) atoms. The first-order valence-electron chi connectivity index (χ1n) is 10.4. The number of hydrogen-bond acceptors (Lipinski definition) is 5. The largest absolute Gasteiger partial charge is 0.454 e. The molecule has 0 unspecified atom stereocenters. The second-order valence-electron chi connectivity index (χ2n) is 7.87. The third kappa shape index (κ3) is 4.29. The summed E-state index contributed by atoms with van der Waals surface area (Å²) in [5.74, 6) is 0.896. The zero-order valence-corrected chi connectivity index (χ0v) is 19.2. The van der Waals surface area contributed by atoms with Gasteiger partial charge in [0.15, 0.2) is 11.5 Å². The lowest BCUT2D eigenvalue weighted by molar-refractivity contribution is 0.0950. The standard InChI is InChI=1S/C24H21ClN2O5S/c25-20-7-6-18(24(28)26-13-16-5-8-21-22(11-16)32-15-31-21)12-23(20)33(29,30)27-10-9-17-3-1-2-4-19(17)14-27/h1-8,11-12H,9-10,13-15H2,(H,26,28). The molecule has 3 aromatic carbocycles. The first-order chi connectivity index (χ1) is 15.9. The first kappa shape index (κ1) is 21.8. The van der Waals surface area contributed by atoms with Crippen molar-refractivity contribution in [1.82, 2.24) is 9.62 Å². The second-order valence-corrected chi connectivity index (χ2v) is 10.2. The smallest absolute Gasteiger partial charge is 0.251 e. The van der Waals surface area contributed by atoms with Gasteiger partial charge in [-0.1, -0.05) is 41.9 Å². The average molecular weight is 485 g/mol. The molecule has 1 N–H and O–H groups in total. The van der Waals surface area contributed by atoms with Crippen molar-refractivity contribution in [2.45, 2.75) is 24.4 Å². The Balaban J connectivity index is 1.33. The van der Waals surface area contributed by atoms with E-state index >= 15 is 0 Å². The summed E-state index contributed by atoms with van der Waals surface area (Å²) < 4.78 is 38.8. The fraction of sp³-hybridized carbons (Fsp3) is 0.208. The molecule has 3 aromatic rings.